The Labute approximate surface area is 160 Å². The van der Waals surface area contributed by atoms with Crippen LogP contribution in [0.2, 0.25) is 0 Å². The molecule has 2 aromatic rings. The first kappa shape index (κ1) is 17.9. The summed E-state index contributed by atoms with van der Waals surface area (Å²) in [5, 5.41) is 0. The fraction of sp³-hybridized carbons (Fsp3) is 0.391. The second kappa shape index (κ2) is 8.05. The number of hydrogen-bond acceptors (Lipinski definition) is 3. The van der Waals surface area contributed by atoms with Crippen molar-refractivity contribution in [3.8, 4) is 0 Å². The van der Waals surface area contributed by atoms with E-state index in [1.807, 2.05) is 59.5 Å². The lowest BCUT2D eigenvalue weighted by molar-refractivity contribution is -0.119. The number of hydrogen-bond donors (Lipinski definition) is 0. The van der Waals surface area contributed by atoms with Crippen LogP contribution in [0, 0.1) is 5.92 Å². The summed E-state index contributed by atoms with van der Waals surface area (Å²) >= 11 is 0. The second-order valence-corrected chi connectivity index (χ2v) is 7.76. The Balaban J connectivity index is 1.23. The predicted molar refractivity (Wildman–Crippen MR) is 105 cm³/mol. The number of nitrogens with zero attached hydrogens (tertiary/aromatic N) is 2. The molecule has 0 aromatic heterocycles. The quantitative estimate of drug-likeness (QED) is 0.793. The van der Waals surface area contributed by atoms with Crippen molar-refractivity contribution < 1.29 is 9.59 Å². The molecule has 0 radical (unpaired) electrons. The van der Waals surface area contributed by atoms with Crippen LogP contribution in [0.1, 0.15) is 34.3 Å². The lowest BCUT2D eigenvalue weighted by atomic mass is 9.95. The third kappa shape index (κ3) is 4.28. The molecule has 2 aliphatic rings. The van der Waals surface area contributed by atoms with Gasteiger partial charge in [-0.2, -0.15) is 0 Å². The van der Waals surface area contributed by atoms with Crippen molar-refractivity contribution in [2.45, 2.75) is 25.8 Å². The van der Waals surface area contributed by atoms with Gasteiger partial charge in [0.25, 0.3) is 5.91 Å². The molecule has 2 aromatic carbocycles. The normalized spacial score (nSPS) is 17.9. The van der Waals surface area contributed by atoms with Crippen molar-refractivity contribution in [3.05, 3.63) is 71.3 Å². The number of likely N-dealkylation sites (tertiary alicyclic amines) is 1. The third-order valence-electron chi connectivity index (χ3n) is 5.73. The van der Waals surface area contributed by atoms with Crippen LogP contribution in [0.4, 0.5) is 0 Å². The van der Waals surface area contributed by atoms with Crippen LogP contribution in [-0.4, -0.2) is 47.7 Å². The van der Waals surface area contributed by atoms with Crippen molar-refractivity contribution in [2.75, 3.05) is 26.2 Å². The Morgan fingerprint density at radius 3 is 2.41 bits per heavy atom. The van der Waals surface area contributed by atoms with Crippen LogP contribution in [0.5, 0.6) is 0 Å². The molecule has 1 amide bonds. The first-order chi connectivity index (χ1) is 13.2. The van der Waals surface area contributed by atoms with Gasteiger partial charge in [-0.15, -0.1) is 0 Å². The number of carbonyl (C=O) groups excluding carboxylic acids is 2. The maximum Gasteiger partial charge on any atom is 0.254 e. The number of carbonyl (C=O) groups is 2. The van der Waals surface area contributed by atoms with E-state index in [0.29, 0.717) is 18.9 Å². The average molecular weight is 362 g/mol. The predicted octanol–water partition coefficient (Wildman–Crippen LogP) is 3.17. The number of amides is 1. The van der Waals surface area contributed by atoms with Crippen LogP contribution >= 0.6 is 0 Å². The number of piperidine rings is 1. The number of fused-ring (bicyclic) bond motifs is 1. The van der Waals surface area contributed by atoms with E-state index in [1.165, 1.54) is 0 Å². The fourth-order valence-corrected chi connectivity index (χ4v) is 4.23. The molecule has 2 heterocycles. The average Bonchev–Trinajstić information content (AvgIpc) is 3.00. The van der Waals surface area contributed by atoms with Crippen molar-refractivity contribution in [3.63, 3.8) is 0 Å². The Morgan fingerprint density at radius 2 is 1.67 bits per heavy atom. The van der Waals surface area contributed by atoms with E-state index < -0.39 is 0 Å². The molecule has 4 heteroatoms. The van der Waals surface area contributed by atoms with Crippen molar-refractivity contribution in [2.24, 2.45) is 5.92 Å². The summed E-state index contributed by atoms with van der Waals surface area (Å²) in [5.41, 5.74) is 3.09. The maximum absolute atomic E-state index is 12.5. The molecule has 0 N–H and O–H groups in total. The van der Waals surface area contributed by atoms with E-state index >= 15 is 0 Å². The van der Waals surface area contributed by atoms with Gasteiger partial charge in [-0.05, 0) is 49.0 Å². The van der Waals surface area contributed by atoms with E-state index in [2.05, 4.69) is 4.90 Å². The van der Waals surface area contributed by atoms with Gasteiger partial charge in [-0.3, -0.25) is 14.5 Å². The first-order valence-corrected chi connectivity index (χ1v) is 9.84. The zero-order valence-corrected chi connectivity index (χ0v) is 15.6. The summed E-state index contributed by atoms with van der Waals surface area (Å²) < 4.78 is 0. The van der Waals surface area contributed by atoms with Crippen LogP contribution in [-0.2, 0) is 17.8 Å². The molecule has 0 aliphatic carbocycles. The van der Waals surface area contributed by atoms with E-state index in [0.717, 1.165) is 55.7 Å². The molecule has 140 valence electrons. The minimum absolute atomic E-state index is 0.172. The summed E-state index contributed by atoms with van der Waals surface area (Å²) in [4.78, 5) is 29.1. The molecule has 27 heavy (non-hydrogen) atoms. The molecule has 0 unspecified atom stereocenters. The molecule has 1 saturated heterocycles. The van der Waals surface area contributed by atoms with Gasteiger partial charge >= 0.3 is 0 Å². The van der Waals surface area contributed by atoms with Crippen LogP contribution < -0.4 is 0 Å². The highest BCUT2D eigenvalue weighted by Crippen LogP contribution is 2.26. The second-order valence-electron chi connectivity index (χ2n) is 7.76. The van der Waals surface area contributed by atoms with Gasteiger partial charge < -0.3 is 4.90 Å². The van der Waals surface area contributed by atoms with Crippen molar-refractivity contribution >= 4 is 11.7 Å². The highest BCUT2D eigenvalue weighted by Gasteiger charge is 2.30. The van der Waals surface area contributed by atoms with Crippen molar-refractivity contribution in [1.29, 1.82) is 0 Å². The SMILES string of the molecule is O=C(Cc1ccccc1)CN1CCC(CN2Cc3ccccc3C2=O)CC1. The Hall–Kier alpha value is -2.46. The largest absolute Gasteiger partial charge is 0.334 e. The molecule has 4 nitrogen and oxygen atoms in total. The van der Waals surface area contributed by atoms with E-state index in [-0.39, 0.29) is 11.7 Å². The molecule has 0 saturated carbocycles. The van der Waals surface area contributed by atoms with Gasteiger partial charge in [-0.1, -0.05) is 48.5 Å². The summed E-state index contributed by atoms with van der Waals surface area (Å²) in [6, 6.07) is 17.9. The monoisotopic (exact) mass is 362 g/mol. The highest BCUT2D eigenvalue weighted by molar-refractivity contribution is 5.98. The summed E-state index contributed by atoms with van der Waals surface area (Å²) in [6.45, 7) is 4.00. The number of benzene rings is 2. The molecule has 4 rings (SSSR count). The zero-order valence-electron chi connectivity index (χ0n) is 15.6. The standard InChI is InChI=1S/C23H26N2O2/c26-21(14-18-6-2-1-3-7-18)17-24-12-10-19(11-13-24)15-25-16-20-8-4-5-9-22(20)23(25)27/h1-9,19H,10-17H2. The smallest absolute Gasteiger partial charge is 0.254 e. The Morgan fingerprint density at radius 1 is 0.963 bits per heavy atom. The maximum atomic E-state index is 12.5. The van der Waals surface area contributed by atoms with Crippen LogP contribution in [0.25, 0.3) is 0 Å². The molecule has 2 aliphatic heterocycles. The number of rotatable bonds is 6. The van der Waals surface area contributed by atoms with Gasteiger partial charge in [0.05, 0.1) is 6.54 Å². The minimum Gasteiger partial charge on any atom is -0.334 e. The summed E-state index contributed by atoms with van der Waals surface area (Å²) in [7, 11) is 0. The Bertz CT molecular complexity index is 810. The number of Topliss-reactive ketones (excluding diaryl/α,β-unsaturated/α-hetero) is 1. The lowest BCUT2D eigenvalue weighted by Gasteiger charge is -2.33. The summed E-state index contributed by atoms with van der Waals surface area (Å²) in [5.74, 6) is 0.986. The summed E-state index contributed by atoms with van der Waals surface area (Å²) in [6.07, 6.45) is 2.62. The minimum atomic E-state index is 0.172. The van der Waals surface area contributed by atoms with E-state index in [1.54, 1.807) is 0 Å². The van der Waals surface area contributed by atoms with Crippen LogP contribution in [0.15, 0.2) is 54.6 Å². The van der Waals surface area contributed by atoms with Gasteiger partial charge in [0.15, 0.2) is 5.78 Å². The molecule has 0 bridgehead atoms. The molecule has 0 spiro atoms. The molecule has 1 fully saturated rings. The first-order valence-electron chi connectivity index (χ1n) is 9.84. The molecule has 0 atom stereocenters. The van der Waals surface area contributed by atoms with Gasteiger partial charge in [0.1, 0.15) is 0 Å². The topological polar surface area (TPSA) is 40.6 Å². The zero-order chi connectivity index (χ0) is 18.6. The van der Waals surface area contributed by atoms with Gasteiger partial charge in [0, 0.05) is 25.1 Å². The van der Waals surface area contributed by atoms with Crippen LogP contribution in [0.3, 0.4) is 0 Å². The van der Waals surface area contributed by atoms with E-state index in [4.69, 9.17) is 0 Å². The van der Waals surface area contributed by atoms with Gasteiger partial charge in [-0.25, -0.2) is 0 Å². The fourth-order valence-electron chi connectivity index (χ4n) is 4.23. The highest BCUT2D eigenvalue weighted by atomic mass is 16.2. The molecular formula is C23H26N2O2. The number of ketones is 1. The van der Waals surface area contributed by atoms with Gasteiger partial charge in [0.2, 0.25) is 0 Å². The Kier molecular flexibility index (Phi) is 5.35. The molecular weight excluding hydrogens is 336 g/mol. The lowest BCUT2D eigenvalue weighted by Crippen LogP contribution is -2.41. The van der Waals surface area contributed by atoms with Crippen molar-refractivity contribution in [1.82, 2.24) is 9.80 Å². The van der Waals surface area contributed by atoms with E-state index in [9.17, 15) is 9.59 Å². The third-order valence-corrected chi connectivity index (χ3v) is 5.73.